The lowest BCUT2D eigenvalue weighted by molar-refractivity contribution is -0.384. The molecule has 1 amide bonds. The van der Waals surface area contributed by atoms with E-state index in [1.807, 2.05) is 32.9 Å². The summed E-state index contributed by atoms with van der Waals surface area (Å²) in [4.78, 5) is 22.1. The van der Waals surface area contributed by atoms with Gasteiger partial charge in [0.15, 0.2) is 0 Å². The molecule has 0 radical (unpaired) electrons. The second kappa shape index (κ2) is 8.79. The van der Waals surface area contributed by atoms with Crippen molar-refractivity contribution >= 4 is 28.7 Å². The minimum Gasteiger partial charge on any atom is -0.356 e. The van der Waals surface area contributed by atoms with E-state index in [4.69, 9.17) is 0 Å². The number of anilines is 3. The van der Waals surface area contributed by atoms with Crippen molar-refractivity contribution in [1.82, 2.24) is 0 Å². The molecule has 0 bridgehead atoms. The number of rotatable bonds is 4. The van der Waals surface area contributed by atoms with E-state index in [0.29, 0.717) is 0 Å². The van der Waals surface area contributed by atoms with Crippen LogP contribution in [0.2, 0.25) is 0 Å². The van der Waals surface area contributed by atoms with Gasteiger partial charge in [0.25, 0.3) is 5.69 Å². The molecule has 0 saturated carbocycles. The molecule has 0 aliphatic rings. The standard InChI is InChI=1S/C17H19N3O3.CH5N/c1-17(2,3)16(21)19-14-6-4-12(5-7-14)18-13-8-10-15(11-9-13)20(22)23;1-2/h4-11,18H,1-3H3,(H,19,21);2H2,1H3. The van der Waals surface area contributed by atoms with Gasteiger partial charge in [-0.2, -0.15) is 0 Å². The van der Waals surface area contributed by atoms with Crippen LogP contribution >= 0.6 is 0 Å². The number of nitrogens with one attached hydrogen (secondary N) is 2. The number of carbonyl (C=O) groups is 1. The topological polar surface area (TPSA) is 110 Å². The molecule has 25 heavy (non-hydrogen) atoms. The lowest BCUT2D eigenvalue weighted by atomic mass is 9.95. The number of hydrogen-bond donors (Lipinski definition) is 3. The van der Waals surface area contributed by atoms with Crippen LogP contribution in [0.5, 0.6) is 0 Å². The van der Waals surface area contributed by atoms with Crippen LogP contribution in [0.25, 0.3) is 0 Å². The summed E-state index contributed by atoms with van der Waals surface area (Å²) in [6.07, 6.45) is 0. The van der Waals surface area contributed by atoms with E-state index < -0.39 is 10.3 Å². The van der Waals surface area contributed by atoms with E-state index in [9.17, 15) is 14.9 Å². The number of benzene rings is 2. The minimum atomic E-state index is -0.449. The Morgan fingerprint density at radius 2 is 1.32 bits per heavy atom. The lowest BCUT2D eigenvalue weighted by Gasteiger charge is -2.17. The molecule has 0 unspecified atom stereocenters. The van der Waals surface area contributed by atoms with Crippen molar-refractivity contribution in [3.8, 4) is 0 Å². The van der Waals surface area contributed by atoms with Crippen molar-refractivity contribution in [2.45, 2.75) is 20.8 Å². The maximum absolute atomic E-state index is 11.9. The van der Waals surface area contributed by atoms with E-state index in [-0.39, 0.29) is 11.6 Å². The van der Waals surface area contributed by atoms with Crippen molar-refractivity contribution < 1.29 is 9.72 Å². The summed E-state index contributed by atoms with van der Waals surface area (Å²) in [5, 5.41) is 16.6. The monoisotopic (exact) mass is 344 g/mol. The Bertz CT molecular complexity index is 705. The first-order valence-corrected chi connectivity index (χ1v) is 7.76. The first-order chi connectivity index (χ1) is 11.8. The third-order valence-corrected chi connectivity index (χ3v) is 3.19. The van der Waals surface area contributed by atoms with Crippen LogP contribution in [0.15, 0.2) is 48.5 Å². The van der Waals surface area contributed by atoms with Crippen molar-refractivity contribution in [2.75, 3.05) is 17.7 Å². The van der Waals surface area contributed by atoms with Crippen LogP contribution in [0.4, 0.5) is 22.7 Å². The van der Waals surface area contributed by atoms with E-state index >= 15 is 0 Å². The number of carbonyl (C=O) groups excluding carboxylic acids is 1. The number of nitrogens with two attached hydrogens (primary N) is 1. The first kappa shape index (κ1) is 20.1. The van der Waals surface area contributed by atoms with Crippen LogP contribution in [-0.4, -0.2) is 17.9 Å². The van der Waals surface area contributed by atoms with Crippen molar-refractivity contribution in [2.24, 2.45) is 11.1 Å². The Kier molecular flexibility index (Phi) is 7.07. The molecule has 0 saturated heterocycles. The number of nitrogens with zero attached hydrogens (tertiary/aromatic N) is 1. The zero-order valence-electron chi connectivity index (χ0n) is 14.9. The fourth-order valence-corrected chi connectivity index (χ4v) is 1.79. The van der Waals surface area contributed by atoms with Crippen LogP contribution < -0.4 is 16.4 Å². The molecule has 7 nitrogen and oxygen atoms in total. The van der Waals surface area contributed by atoms with Crippen LogP contribution in [0.3, 0.4) is 0 Å². The number of non-ortho nitro benzene ring substituents is 1. The summed E-state index contributed by atoms with van der Waals surface area (Å²) in [5.41, 5.74) is 6.40. The van der Waals surface area contributed by atoms with E-state index in [2.05, 4.69) is 16.4 Å². The molecule has 2 rings (SSSR count). The largest absolute Gasteiger partial charge is 0.356 e. The van der Waals surface area contributed by atoms with Gasteiger partial charge >= 0.3 is 0 Å². The third-order valence-electron chi connectivity index (χ3n) is 3.19. The summed E-state index contributed by atoms with van der Waals surface area (Å²) in [6.45, 7) is 5.56. The van der Waals surface area contributed by atoms with Gasteiger partial charge in [0.2, 0.25) is 5.91 Å². The van der Waals surface area contributed by atoms with Gasteiger partial charge in [-0.05, 0) is 43.4 Å². The summed E-state index contributed by atoms with van der Waals surface area (Å²) in [5.74, 6) is -0.0476. The molecule has 7 heteroatoms. The van der Waals surface area contributed by atoms with E-state index in [1.165, 1.54) is 19.2 Å². The second-order valence-electron chi connectivity index (χ2n) is 6.21. The average Bonchev–Trinajstić information content (AvgIpc) is 2.58. The highest BCUT2D eigenvalue weighted by atomic mass is 16.6. The molecule has 134 valence electrons. The van der Waals surface area contributed by atoms with Crippen molar-refractivity contribution in [1.29, 1.82) is 0 Å². The predicted octanol–water partition coefficient (Wildman–Crippen LogP) is 3.90. The van der Waals surface area contributed by atoms with Gasteiger partial charge in [-0.25, -0.2) is 0 Å². The van der Waals surface area contributed by atoms with Gasteiger partial charge < -0.3 is 16.4 Å². The zero-order valence-corrected chi connectivity index (χ0v) is 14.9. The molecule has 0 heterocycles. The fourth-order valence-electron chi connectivity index (χ4n) is 1.79. The summed E-state index contributed by atoms with van der Waals surface area (Å²) < 4.78 is 0. The second-order valence-corrected chi connectivity index (χ2v) is 6.21. The molecule has 0 aromatic heterocycles. The highest BCUT2D eigenvalue weighted by Gasteiger charge is 2.20. The Morgan fingerprint density at radius 1 is 0.920 bits per heavy atom. The molecule has 0 atom stereocenters. The summed E-state index contributed by atoms with van der Waals surface area (Å²) >= 11 is 0. The molecule has 0 aliphatic heterocycles. The lowest BCUT2D eigenvalue weighted by Crippen LogP contribution is -2.27. The molecule has 2 aromatic rings. The number of nitro groups is 1. The Morgan fingerprint density at radius 3 is 1.72 bits per heavy atom. The maximum Gasteiger partial charge on any atom is 0.269 e. The molecule has 2 aromatic carbocycles. The maximum atomic E-state index is 11.9. The average molecular weight is 344 g/mol. The van der Waals surface area contributed by atoms with Crippen molar-refractivity contribution in [3.05, 3.63) is 58.6 Å². The number of hydrogen-bond acceptors (Lipinski definition) is 5. The normalized spacial score (nSPS) is 10.3. The molecular formula is C18H24N4O3. The van der Waals surface area contributed by atoms with Gasteiger partial charge in [0.1, 0.15) is 0 Å². The highest BCUT2D eigenvalue weighted by molar-refractivity contribution is 5.94. The van der Waals surface area contributed by atoms with E-state index in [0.717, 1.165) is 17.1 Å². The smallest absolute Gasteiger partial charge is 0.269 e. The third kappa shape index (κ3) is 6.23. The van der Waals surface area contributed by atoms with Crippen molar-refractivity contribution in [3.63, 3.8) is 0 Å². The number of nitro benzene ring substituents is 1. The van der Waals surface area contributed by atoms with Crippen LogP contribution in [-0.2, 0) is 4.79 Å². The first-order valence-electron chi connectivity index (χ1n) is 7.76. The highest BCUT2D eigenvalue weighted by Crippen LogP contribution is 2.22. The summed E-state index contributed by atoms with van der Waals surface area (Å²) in [6, 6.07) is 13.5. The van der Waals surface area contributed by atoms with E-state index in [1.54, 1.807) is 24.3 Å². The Labute approximate surface area is 147 Å². The molecule has 0 fully saturated rings. The van der Waals surface area contributed by atoms with Gasteiger partial charge in [0.05, 0.1) is 4.92 Å². The van der Waals surface area contributed by atoms with Crippen LogP contribution in [0, 0.1) is 15.5 Å². The molecule has 4 N–H and O–H groups in total. The summed E-state index contributed by atoms with van der Waals surface area (Å²) in [7, 11) is 1.50. The molecule has 0 spiro atoms. The molecular weight excluding hydrogens is 320 g/mol. The minimum absolute atomic E-state index is 0.0476. The quantitative estimate of drug-likeness (QED) is 0.575. The Balaban J connectivity index is 0.00000151. The van der Waals surface area contributed by atoms with Gasteiger partial charge in [-0.15, -0.1) is 0 Å². The SMILES string of the molecule is CC(C)(C)C(=O)Nc1ccc(Nc2ccc([N+](=O)[O-])cc2)cc1.CN. The van der Waals surface area contributed by atoms with Gasteiger partial charge in [-0.3, -0.25) is 14.9 Å². The predicted molar refractivity (Wildman–Crippen MR) is 101 cm³/mol. The fraction of sp³-hybridized carbons (Fsp3) is 0.278. The van der Waals surface area contributed by atoms with Gasteiger partial charge in [0, 0.05) is 34.6 Å². The Hall–Kier alpha value is -2.93. The number of amides is 1. The molecule has 0 aliphatic carbocycles. The van der Waals surface area contributed by atoms with Gasteiger partial charge in [-0.1, -0.05) is 20.8 Å². The van der Waals surface area contributed by atoms with Crippen LogP contribution in [0.1, 0.15) is 20.8 Å². The zero-order chi connectivity index (χ0) is 19.0.